The molecule has 1 atom stereocenters. The molecule has 0 aliphatic carbocycles. The van der Waals surface area contributed by atoms with Crippen molar-refractivity contribution in [3.63, 3.8) is 0 Å². The molecule has 0 saturated heterocycles. The first-order chi connectivity index (χ1) is 9.90. The van der Waals surface area contributed by atoms with E-state index in [0.717, 1.165) is 17.2 Å². The largest absolute Gasteiger partial charge is 0.383 e. The number of nitrogens with one attached hydrogen (secondary N) is 1. The summed E-state index contributed by atoms with van der Waals surface area (Å²) >= 11 is 1.76. The monoisotopic (exact) mass is 304 g/mol. The Labute approximate surface area is 130 Å². The number of nitrogens with two attached hydrogens (primary N) is 1. The van der Waals surface area contributed by atoms with Gasteiger partial charge in [0, 0.05) is 16.4 Å². The maximum absolute atomic E-state index is 6.04. The molecule has 2 heterocycles. The molecule has 0 spiro atoms. The fraction of sp³-hybridized carbons (Fsp3) is 0.500. The molecule has 0 bridgehead atoms. The van der Waals surface area contributed by atoms with Crippen LogP contribution in [-0.2, 0) is 0 Å². The minimum absolute atomic E-state index is 0.234. The Hall–Kier alpha value is -1.62. The molecule has 2 rings (SSSR count). The van der Waals surface area contributed by atoms with Gasteiger partial charge in [0.25, 0.3) is 0 Å². The number of hydrogen-bond acceptors (Lipinski definition) is 5. The van der Waals surface area contributed by atoms with Crippen LogP contribution in [0.1, 0.15) is 55.9 Å². The quantitative estimate of drug-likeness (QED) is 0.861. The topological polar surface area (TPSA) is 63.8 Å². The predicted molar refractivity (Wildman–Crippen MR) is 90.8 cm³/mol. The van der Waals surface area contributed by atoms with Crippen LogP contribution in [0.4, 0.5) is 11.6 Å². The molecule has 2 aromatic heterocycles. The highest BCUT2D eigenvalue weighted by atomic mass is 32.1. The lowest BCUT2D eigenvalue weighted by molar-refractivity contribution is 0.551. The third-order valence-corrected chi connectivity index (χ3v) is 4.48. The number of hydrogen-bond donors (Lipinski definition) is 2. The second-order valence-electron chi connectivity index (χ2n) is 5.98. The Kier molecular flexibility index (Phi) is 4.83. The van der Waals surface area contributed by atoms with Crippen LogP contribution < -0.4 is 11.1 Å². The number of rotatable bonds is 5. The van der Waals surface area contributed by atoms with Crippen molar-refractivity contribution in [2.75, 3.05) is 11.1 Å². The molecule has 0 radical (unpaired) electrons. The zero-order valence-corrected chi connectivity index (χ0v) is 14.2. The fourth-order valence-corrected chi connectivity index (χ4v) is 3.08. The summed E-state index contributed by atoms with van der Waals surface area (Å²) in [6, 6.07) is 4.47. The molecule has 0 aromatic carbocycles. The van der Waals surface area contributed by atoms with Crippen LogP contribution in [0.5, 0.6) is 0 Å². The van der Waals surface area contributed by atoms with Crippen molar-refractivity contribution in [2.45, 2.75) is 46.6 Å². The molecular formula is C16H24N4S. The van der Waals surface area contributed by atoms with Crippen molar-refractivity contribution in [3.05, 3.63) is 33.8 Å². The first-order valence-corrected chi connectivity index (χ1v) is 8.22. The third-order valence-electron chi connectivity index (χ3n) is 3.53. The van der Waals surface area contributed by atoms with Gasteiger partial charge in [-0.1, -0.05) is 33.8 Å². The number of nitrogen functional groups attached to an aromatic ring is 1. The molecule has 0 aliphatic rings. The minimum atomic E-state index is 0.234. The maximum Gasteiger partial charge on any atom is 0.135 e. The molecule has 0 fully saturated rings. The van der Waals surface area contributed by atoms with E-state index in [1.54, 1.807) is 11.3 Å². The lowest BCUT2D eigenvalue weighted by Gasteiger charge is -2.23. The summed E-state index contributed by atoms with van der Waals surface area (Å²) in [5.41, 5.74) is 6.96. The van der Waals surface area contributed by atoms with Gasteiger partial charge in [0.2, 0.25) is 0 Å². The molecule has 0 amide bonds. The van der Waals surface area contributed by atoms with Gasteiger partial charge in [-0.05, 0) is 24.3 Å². The van der Waals surface area contributed by atoms with E-state index in [2.05, 4.69) is 60.5 Å². The van der Waals surface area contributed by atoms with Crippen LogP contribution in [0.25, 0.3) is 0 Å². The maximum atomic E-state index is 6.04. The Bertz CT molecular complexity index is 591. The van der Waals surface area contributed by atoms with E-state index in [9.17, 15) is 0 Å². The van der Waals surface area contributed by atoms with Gasteiger partial charge >= 0.3 is 0 Å². The molecule has 0 saturated carbocycles. The van der Waals surface area contributed by atoms with Crippen molar-refractivity contribution in [1.29, 1.82) is 0 Å². The number of nitrogens with zero attached hydrogens (tertiary/aromatic N) is 2. The Morgan fingerprint density at radius 1 is 1.19 bits per heavy atom. The van der Waals surface area contributed by atoms with Gasteiger partial charge in [0.1, 0.15) is 17.5 Å². The van der Waals surface area contributed by atoms with E-state index in [1.165, 1.54) is 4.88 Å². The van der Waals surface area contributed by atoms with Crippen molar-refractivity contribution in [2.24, 2.45) is 5.92 Å². The minimum Gasteiger partial charge on any atom is -0.383 e. The smallest absolute Gasteiger partial charge is 0.135 e. The van der Waals surface area contributed by atoms with Crippen LogP contribution in [0.2, 0.25) is 0 Å². The Balaban J connectivity index is 2.37. The van der Waals surface area contributed by atoms with E-state index < -0.39 is 0 Å². The fourth-order valence-electron chi connectivity index (χ4n) is 2.13. The standard InChI is InChI=1S/C16H24N4S/c1-9(2)13(12-7-6-8-21-12)18-16-11(5)14(17)19-15(20-16)10(3)4/h6-10,13H,1-5H3,(H3,17,18,19,20). The average molecular weight is 304 g/mol. The summed E-state index contributed by atoms with van der Waals surface area (Å²) in [6.45, 7) is 10.5. The van der Waals surface area contributed by atoms with Gasteiger partial charge in [0.15, 0.2) is 0 Å². The van der Waals surface area contributed by atoms with Crippen LogP contribution in [-0.4, -0.2) is 9.97 Å². The van der Waals surface area contributed by atoms with Crippen molar-refractivity contribution in [3.8, 4) is 0 Å². The average Bonchev–Trinajstić information content (AvgIpc) is 2.93. The number of thiophene rings is 1. The highest BCUT2D eigenvalue weighted by molar-refractivity contribution is 7.10. The zero-order chi connectivity index (χ0) is 15.6. The summed E-state index contributed by atoms with van der Waals surface area (Å²) in [4.78, 5) is 10.4. The zero-order valence-electron chi connectivity index (χ0n) is 13.3. The molecule has 21 heavy (non-hydrogen) atoms. The summed E-state index contributed by atoms with van der Waals surface area (Å²) < 4.78 is 0. The number of aromatic nitrogens is 2. The summed E-state index contributed by atoms with van der Waals surface area (Å²) in [5, 5.41) is 5.67. The normalized spacial score (nSPS) is 12.9. The van der Waals surface area contributed by atoms with Crippen molar-refractivity contribution in [1.82, 2.24) is 9.97 Å². The summed E-state index contributed by atoms with van der Waals surface area (Å²) in [6.07, 6.45) is 0. The summed E-state index contributed by atoms with van der Waals surface area (Å²) in [7, 11) is 0. The molecule has 2 aromatic rings. The first-order valence-electron chi connectivity index (χ1n) is 7.34. The van der Waals surface area contributed by atoms with Gasteiger partial charge in [-0.25, -0.2) is 9.97 Å². The highest BCUT2D eigenvalue weighted by Gasteiger charge is 2.20. The first kappa shape index (κ1) is 15.8. The van der Waals surface area contributed by atoms with Crippen LogP contribution >= 0.6 is 11.3 Å². The van der Waals surface area contributed by atoms with Gasteiger partial charge in [-0.15, -0.1) is 11.3 Å². The molecule has 3 N–H and O–H groups in total. The van der Waals surface area contributed by atoms with E-state index in [4.69, 9.17) is 5.73 Å². The molecular weight excluding hydrogens is 280 g/mol. The van der Waals surface area contributed by atoms with Gasteiger partial charge in [-0.3, -0.25) is 0 Å². The lowest BCUT2D eigenvalue weighted by Crippen LogP contribution is -2.19. The van der Waals surface area contributed by atoms with E-state index in [1.807, 2.05) is 6.92 Å². The molecule has 4 nitrogen and oxygen atoms in total. The Morgan fingerprint density at radius 3 is 2.43 bits per heavy atom. The van der Waals surface area contributed by atoms with Crippen LogP contribution in [0.3, 0.4) is 0 Å². The molecule has 5 heteroatoms. The second kappa shape index (κ2) is 6.43. The third kappa shape index (κ3) is 3.53. The van der Waals surface area contributed by atoms with E-state index in [0.29, 0.717) is 11.7 Å². The SMILES string of the molecule is Cc1c(N)nc(C(C)C)nc1NC(c1cccs1)C(C)C. The van der Waals surface area contributed by atoms with E-state index in [-0.39, 0.29) is 12.0 Å². The lowest BCUT2D eigenvalue weighted by atomic mass is 10.0. The predicted octanol–water partition coefficient (Wildman–Crippen LogP) is 4.36. The van der Waals surface area contributed by atoms with Crippen molar-refractivity contribution >= 4 is 23.0 Å². The second-order valence-corrected chi connectivity index (χ2v) is 6.96. The van der Waals surface area contributed by atoms with Gasteiger partial charge in [0.05, 0.1) is 6.04 Å². The van der Waals surface area contributed by atoms with Crippen molar-refractivity contribution < 1.29 is 0 Å². The molecule has 1 unspecified atom stereocenters. The molecule has 0 aliphatic heterocycles. The van der Waals surface area contributed by atoms with Gasteiger partial charge in [-0.2, -0.15) is 0 Å². The van der Waals surface area contributed by atoms with Crippen LogP contribution in [0, 0.1) is 12.8 Å². The van der Waals surface area contributed by atoms with Crippen LogP contribution in [0.15, 0.2) is 17.5 Å². The summed E-state index contributed by atoms with van der Waals surface area (Å²) in [5.74, 6) is 2.91. The van der Waals surface area contributed by atoms with E-state index >= 15 is 0 Å². The highest BCUT2D eigenvalue weighted by Crippen LogP contribution is 2.31. The molecule has 114 valence electrons. The Morgan fingerprint density at radius 2 is 1.90 bits per heavy atom. The van der Waals surface area contributed by atoms with Gasteiger partial charge < -0.3 is 11.1 Å². The number of anilines is 2.